The summed E-state index contributed by atoms with van der Waals surface area (Å²) in [5, 5.41) is 9.66. The second-order valence-electron chi connectivity index (χ2n) is 3.84. The average Bonchev–Trinajstić information content (AvgIpc) is 2.77. The van der Waals surface area contributed by atoms with E-state index in [1.165, 1.54) is 0 Å². The van der Waals surface area contributed by atoms with Crippen LogP contribution in [0, 0.1) is 5.82 Å². The third kappa shape index (κ3) is 4.03. The van der Waals surface area contributed by atoms with Crippen molar-refractivity contribution in [3.8, 4) is 0 Å². The van der Waals surface area contributed by atoms with Gasteiger partial charge in [0.1, 0.15) is 5.82 Å². The molecule has 1 saturated heterocycles. The van der Waals surface area contributed by atoms with Gasteiger partial charge in [-0.3, -0.25) is 4.79 Å². The van der Waals surface area contributed by atoms with Gasteiger partial charge in [-0.15, -0.1) is 5.10 Å². The molecule has 0 atom stereocenters. The topological polar surface area (TPSA) is 53.8 Å². The highest BCUT2D eigenvalue weighted by Gasteiger charge is 2.35. The van der Waals surface area contributed by atoms with Gasteiger partial charge in [-0.05, 0) is 12.1 Å². The summed E-state index contributed by atoms with van der Waals surface area (Å²) in [6.07, 6.45) is -3.95. The van der Waals surface area contributed by atoms with Gasteiger partial charge in [-0.2, -0.15) is 18.3 Å². The van der Waals surface area contributed by atoms with Gasteiger partial charge in [0.15, 0.2) is 5.17 Å². The van der Waals surface area contributed by atoms with Gasteiger partial charge < -0.3 is 5.32 Å². The van der Waals surface area contributed by atoms with Gasteiger partial charge in [-0.25, -0.2) is 4.39 Å². The van der Waals surface area contributed by atoms with E-state index in [1.54, 1.807) is 0 Å². The Morgan fingerprint density at radius 2 is 2.10 bits per heavy atom. The molecule has 0 radical (unpaired) electrons. The molecule has 1 aliphatic heterocycles. The van der Waals surface area contributed by atoms with Crippen LogP contribution in [0.2, 0.25) is 0 Å². The molecule has 112 valence electrons. The summed E-state index contributed by atoms with van der Waals surface area (Å²) < 4.78 is 51.7. The normalized spacial score (nSPS) is 17.8. The molecule has 1 aromatic rings. The summed E-state index contributed by atoms with van der Waals surface area (Å²) in [7, 11) is 0. The number of hydrogen-bond donors (Lipinski definition) is 1. The summed E-state index contributed by atoms with van der Waals surface area (Å²) >= 11 is 3.97. The summed E-state index contributed by atoms with van der Waals surface area (Å²) in [6.45, 7) is 0. The van der Waals surface area contributed by atoms with E-state index in [0.717, 1.165) is 24.0 Å². The maximum Gasteiger partial charge on any atom is 0.419 e. The molecule has 4 nitrogen and oxygen atoms in total. The van der Waals surface area contributed by atoms with Crippen LogP contribution in [0.15, 0.2) is 26.8 Å². The Morgan fingerprint density at radius 1 is 1.38 bits per heavy atom. The summed E-state index contributed by atoms with van der Waals surface area (Å²) in [5.41, 5.74) is -1.76. The van der Waals surface area contributed by atoms with Gasteiger partial charge in [0.25, 0.3) is 0 Å². The molecular formula is C11H6BrF4N3OS. The first kappa shape index (κ1) is 16.0. The van der Waals surface area contributed by atoms with Crippen LogP contribution in [0.1, 0.15) is 11.1 Å². The molecule has 1 aromatic carbocycles. The molecule has 0 unspecified atom stereocenters. The first-order valence-electron chi connectivity index (χ1n) is 5.37. The van der Waals surface area contributed by atoms with E-state index in [1.807, 2.05) is 0 Å². The SMILES string of the molecule is O=C1CSC(=NN=Cc2cc(Br)cc(C(F)(F)F)c2F)N1. The zero-order valence-electron chi connectivity index (χ0n) is 10.0. The lowest BCUT2D eigenvalue weighted by molar-refractivity contribution is -0.140. The highest BCUT2D eigenvalue weighted by molar-refractivity contribution is 9.10. The van der Waals surface area contributed by atoms with Crippen molar-refractivity contribution in [2.75, 3.05) is 5.75 Å². The smallest absolute Gasteiger partial charge is 0.303 e. The molecular weight excluding hydrogens is 378 g/mol. The molecule has 0 aliphatic carbocycles. The number of nitrogens with one attached hydrogen (secondary N) is 1. The van der Waals surface area contributed by atoms with Crippen molar-refractivity contribution >= 4 is 45.0 Å². The van der Waals surface area contributed by atoms with E-state index in [0.29, 0.717) is 6.07 Å². The van der Waals surface area contributed by atoms with Crippen LogP contribution >= 0.6 is 27.7 Å². The zero-order valence-corrected chi connectivity index (χ0v) is 12.4. The Kier molecular flexibility index (Phi) is 4.67. The van der Waals surface area contributed by atoms with E-state index >= 15 is 0 Å². The molecule has 2 rings (SSSR count). The Morgan fingerprint density at radius 3 is 2.67 bits per heavy atom. The molecule has 0 spiro atoms. The van der Waals surface area contributed by atoms with Crippen LogP contribution in [-0.4, -0.2) is 23.0 Å². The Hall–Kier alpha value is -1.42. The van der Waals surface area contributed by atoms with Crippen molar-refractivity contribution in [3.63, 3.8) is 0 Å². The minimum atomic E-state index is -4.81. The van der Waals surface area contributed by atoms with E-state index < -0.39 is 17.6 Å². The molecule has 1 N–H and O–H groups in total. The number of amides is 1. The molecule has 0 bridgehead atoms. The second kappa shape index (κ2) is 6.14. The molecule has 0 saturated carbocycles. The summed E-state index contributed by atoms with van der Waals surface area (Å²) in [5.74, 6) is -1.49. The minimum absolute atomic E-state index is 0.0638. The second-order valence-corrected chi connectivity index (χ2v) is 5.72. The van der Waals surface area contributed by atoms with Crippen molar-refractivity contribution in [2.24, 2.45) is 10.2 Å². The fourth-order valence-corrected chi connectivity index (χ4v) is 2.54. The summed E-state index contributed by atoms with van der Waals surface area (Å²) in [6, 6.07) is 1.79. The van der Waals surface area contributed by atoms with Gasteiger partial charge in [0.05, 0.1) is 17.5 Å². The standard InChI is InChI=1S/C11H6BrF4N3OS/c12-6-1-5(9(13)7(2-6)11(14,15)16)3-17-19-10-18-8(20)4-21-10/h1-3H,4H2,(H,18,19,20). The molecule has 0 aromatic heterocycles. The maximum absolute atomic E-state index is 13.8. The summed E-state index contributed by atoms with van der Waals surface area (Å²) in [4.78, 5) is 10.9. The van der Waals surface area contributed by atoms with Crippen LogP contribution in [0.3, 0.4) is 0 Å². The van der Waals surface area contributed by atoms with Crippen molar-refractivity contribution in [3.05, 3.63) is 33.5 Å². The predicted octanol–water partition coefficient (Wildman–Crippen LogP) is 3.16. The van der Waals surface area contributed by atoms with Crippen molar-refractivity contribution in [1.29, 1.82) is 0 Å². The Balaban J connectivity index is 2.28. The third-order valence-corrected chi connectivity index (χ3v) is 3.62. The van der Waals surface area contributed by atoms with Gasteiger partial charge in [0, 0.05) is 10.0 Å². The number of halogens is 5. The van der Waals surface area contributed by atoms with Crippen LogP contribution < -0.4 is 5.32 Å². The number of alkyl halides is 3. The average molecular weight is 384 g/mol. The first-order chi connectivity index (χ1) is 9.77. The van der Waals surface area contributed by atoms with Crippen molar-refractivity contribution < 1.29 is 22.4 Å². The highest BCUT2D eigenvalue weighted by atomic mass is 79.9. The number of benzene rings is 1. The van der Waals surface area contributed by atoms with E-state index in [-0.39, 0.29) is 26.9 Å². The lowest BCUT2D eigenvalue weighted by Gasteiger charge is -2.10. The number of hydrogen-bond acceptors (Lipinski definition) is 4. The Bertz CT molecular complexity index is 645. The monoisotopic (exact) mass is 383 g/mol. The Labute approximate surface area is 128 Å². The zero-order chi connectivity index (χ0) is 15.6. The van der Waals surface area contributed by atoms with E-state index in [9.17, 15) is 22.4 Å². The van der Waals surface area contributed by atoms with Crippen LogP contribution in [-0.2, 0) is 11.0 Å². The number of carbonyl (C=O) groups is 1. The number of carbonyl (C=O) groups excluding carboxylic acids is 1. The number of rotatable bonds is 2. The fourth-order valence-electron chi connectivity index (χ4n) is 1.43. The third-order valence-electron chi connectivity index (χ3n) is 2.30. The van der Waals surface area contributed by atoms with Gasteiger partial charge in [-0.1, -0.05) is 27.7 Å². The number of thioether (sulfide) groups is 1. The number of amidine groups is 1. The fraction of sp³-hybridized carbons (Fsp3) is 0.182. The van der Waals surface area contributed by atoms with E-state index in [4.69, 9.17) is 0 Å². The number of nitrogens with zero attached hydrogens (tertiary/aromatic N) is 2. The highest BCUT2D eigenvalue weighted by Crippen LogP contribution is 2.34. The molecule has 1 aliphatic rings. The lowest BCUT2D eigenvalue weighted by Crippen LogP contribution is -2.19. The minimum Gasteiger partial charge on any atom is -0.303 e. The van der Waals surface area contributed by atoms with E-state index in [2.05, 4.69) is 31.4 Å². The van der Waals surface area contributed by atoms with Crippen LogP contribution in [0.5, 0.6) is 0 Å². The van der Waals surface area contributed by atoms with Crippen LogP contribution in [0.4, 0.5) is 17.6 Å². The van der Waals surface area contributed by atoms with Crippen LogP contribution in [0.25, 0.3) is 0 Å². The predicted molar refractivity (Wildman–Crippen MR) is 74.7 cm³/mol. The van der Waals surface area contributed by atoms with Gasteiger partial charge in [0.2, 0.25) is 5.91 Å². The van der Waals surface area contributed by atoms with Gasteiger partial charge >= 0.3 is 6.18 Å². The molecule has 1 heterocycles. The quantitative estimate of drug-likeness (QED) is 0.484. The molecule has 1 amide bonds. The van der Waals surface area contributed by atoms with Crippen molar-refractivity contribution in [1.82, 2.24) is 5.32 Å². The molecule has 1 fully saturated rings. The lowest BCUT2D eigenvalue weighted by atomic mass is 10.1. The first-order valence-corrected chi connectivity index (χ1v) is 7.15. The maximum atomic E-state index is 13.8. The molecule has 21 heavy (non-hydrogen) atoms. The largest absolute Gasteiger partial charge is 0.419 e. The molecule has 10 heteroatoms. The van der Waals surface area contributed by atoms with Crippen molar-refractivity contribution in [2.45, 2.75) is 6.18 Å².